The van der Waals surface area contributed by atoms with Gasteiger partial charge in [-0.3, -0.25) is 9.59 Å². The molecule has 0 unspecified atom stereocenters. The molecule has 0 radical (unpaired) electrons. The number of rotatable bonds is 8. The highest BCUT2D eigenvalue weighted by atomic mass is 79.9. The van der Waals surface area contributed by atoms with E-state index in [1.54, 1.807) is 24.3 Å². The van der Waals surface area contributed by atoms with Crippen molar-refractivity contribution in [3.05, 3.63) is 76.3 Å². The molecular weight excluding hydrogens is 410 g/mol. The van der Waals surface area contributed by atoms with Gasteiger partial charge in [-0.25, -0.2) is 5.43 Å². The number of carbonyl (C=O) groups is 2. The average molecular weight is 430 g/mol. The highest BCUT2D eigenvalue weighted by molar-refractivity contribution is 9.10. The third kappa shape index (κ3) is 6.38. The standard InChI is InChI=1S/C20H20BrN3O3/c1-3-10-27-18-9-8-16(21)11-15(18)12-23-24-19(25)13-22-20(26)17-7-5-4-6-14(17)2/h3-9,11-12H,1,10,13H2,2H3,(H,22,26)(H,24,25). The predicted octanol–water partition coefficient (Wildman–Crippen LogP) is 3.20. The second kappa shape index (κ2) is 10.3. The zero-order valence-corrected chi connectivity index (χ0v) is 16.5. The highest BCUT2D eigenvalue weighted by Gasteiger charge is 2.09. The maximum Gasteiger partial charge on any atom is 0.259 e. The van der Waals surface area contributed by atoms with E-state index in [-0.39, 0.29) is 12.5 Å². The van der Waals surface area contributed by atoms with E-state index in [9.17, 15) is 9.59 Å². The Labute approximate surface area is 166 Å². The second-order valence-corrected chi connectivity index (χ2v) is 6.49. The van der Waals surface area contributed by atoms with Crippen LogP contribution in [0, 0.1) is 6.92 Å². The molecule has 0 spiro atoms. The van der Waals surface area contributed by atoms with Crippen LogP contribution in [0.25, 0.3) is 0 Å². The third-order valence-corrected chi connectivity index (χ3v) is 4.01. The van der Waals surface area contributed by atoms with Gasteiger partial charge in [-0.15, -0.1) is 0 Å². The molecule has 140 valence electrons. The Bertz CT molecular complexity index is 865. The second-order valence-electron chi connectivity index (χ2n) is 5.57. The Morgan fingerprint density at radius 3 is 2.78 bits per heavy atom. The van der Waals surface area contributed by atoms with Crippen LogP contribution in [0.2, 0.25) is 0 Å². The normalized spacial score (nSPS) is 10.4. The van der Waals surface area contributed by atoms with Crippen LogP contribution in [0.1, 0.15) is 21.5 Å². The minimum Gasteiger partial charge on any atom is -0.489 e. The van der Waals surface area contributed by atoms with Crippen molar-refractivity contribution in [2.75, 3.05) is 13.2 Å². The van der Waals surface area contributed by atoms with Gasteiger partial charge in [-0.2, -0.15) is 5.10 Å². The first-order valence-corrected chi connectivity index (χ1v) is 8.99. The molecule has 0 saturated heterocycles. The molecule has 0 aliphatic rings. The summed E-state index contributed by atoms with van der Waals surface area (Å²) < 4.78 is 6.39. The number of nitrogens with zero attached hydrogens (tertiary/aromatic N) is 1. The van der Waals surface area contributed by atoms with Gasteiger partial charge in [0, 0.05) is 15.6 Å². The molecule has 0 bridgehead atoms. The molecule has 0 atom stereocenters. The summed E-state index contributed by atoms with van der Waals surface area (Å²) in [6, 6.07) is 12.6. The van der Waals surface area contributed by atoms with Crippen molar-refractivity contribution in [3.8, 4) is 5.75 Å². The summed E-state index contributed by atoms with van der Waals surface area (Å²) in [5.74, 6) is -0.125. The first-order chi connectivity index (χ1) is 13.0. The molecule has 6 nitrogen and oxygen atoms in total. The molecular formula is C20H20BrN3O3. The number of halogens is 1. The highest BCUT2D eigenvalue weighted by Crippen LogP contribution is 2.21. The minimum absolute atomic E-state index is 0.178. The molecule has 2 aromatic carbocycles. The fraction of sp³-hybridized carbons (Fsp3) is 0.150. The molecule has 2 rings (SSSR count). The van der Waals surface area contributed by atoms with Crippen LogP contribution in [-0.4, -0.2) is 31.2 Å². The fourth-order valence-corrected chi connectivity index (χ4v) is 2.58. The average Bonchev–Trinajstić information content (AvgIpc) is 2.66. The molecule has 7 heteroatoms. The van der Waals surface area contributed by atoms with E-state index < -0.39 is 5.91 Å². The number of ether oxygens (including phenoxy) is 1. The van der Waals surface area contributed by atoms with Crippen LogP contribution in [-0.2, 0) is 4.79 Å². The Morgan fingerprint density at radius 2 is 2.04 bits per heavy atom. The molecule has 0 aliphatic carbocycles. The maximum atomic E-state index is 12.1. The first-order valence-electron chi connectivity index (χ1n) is 8.20. The lowest BCUT2D eigenvalue weighted by molar-refractivity contribution is -0.120. The lowest BCUT2D eigenvalue weighted by Gasteiger charge is -2.08. The summed E-state index contributed by atoms with van der Waals surface area (Å²) in [5, 5.41) is 6.49. The zero-order chi connectivity index (χ0) is 19.6. The van der Waals surface area contributed by atoms with E-state index in [4.69, 9.17) is 4.74 Å². The van der Waals surface area contributed by atoms with E-state index in [1.807, 2.05) is 31.2 Å². The number of hydrogen-bond donors (Lipinski definition) is 2. The van der Waals surface area contributed by atoms with Crippen molar-refractivity contribution in [2.45, 2.75) is 6.92 Å². The van der Waals surface area contributed by atoms with Gasteiger partial charge in [0.05, 0.1) is 12.8 Å². The van der Waals surface area contributed by atoms with Crippen LogP contribution in [0.5, 0.6) is 5.75 Å². The van der Waals surface area contributed by atoms with Crippen molar-refractivity contribution < 1.29 is 14.3 Å². The number of hydrogen-bond acceptors (Lipinski definition) is 4. The van der Waals surface area contributed by atoms with Gasteiger partial charge < -0.3 is 10.1 Å². The van der Waals surface area contributed by atoms with E-state index >= 15 is 0 Å². The van der Waals surface area contributed by atoms with Gasteiger partial charge in [0.15, 0.2) is 0 Å². The van der Waals surface area contributed by atoms with E-state index in [0.717, 1.165) is 10.0 Å². The summed E-state index contributed by atoms with van der Waals surface area (Å²) >= 11 is 3.38. The Hall–Kier alpha value is -2.93. The molecule has 2 N–H and O–H groups in total. The maximum absolute atomic E-state index is 12.1. The molecule has 0 aliphatic heterocycles. The largest absolute Gasteiger partial charge is 0.489 e. The quantitative estimate of drug-likeness (QED) is 0.384. The van der Waals surface area contributed by atoms with E-state index in [0.29, 0.717) is 23.5 Å². The lowest BCUT2D eigenvalue weighted by atomic mass is 10.1. The van der Waals surface area contributed by atoms with Gasteiger partial charge >= 0.3 is 0 Å². The number of carbonyl (C=O) groups excluding carboxylic acids is 2. The van der Waals surface area contributed by atoms with Crippen LogP contribution >= 0.6 is 15.9 Å². The van der Waals surface area contributed by atoms with Gasteiger partial charge in [0.25, 0.3) is 11.8 Å². The SMILES string of the molecule is C=CCOc1ccc(Br)cc1C=NNC(=O)CNC(=O)c1ccccc1C. The number of aryl methyl sites for hydroxylation is 1. The summed E-state index contributed by atoms with van der Waals surface area (Å²) in [7, 11) is 0. The van der Waals surface area contributed by atoms with Crippen LogP contribution < -0.4 is 15.5 Å². The zero-order valence-electron chi connectivity index (χ0n) is 14.9. The Balaban J connectivity index is 1.90. The number of nitrogens with one attached hydrogen (secondary N) is 2. The number of benzene rings is 2. The molecule has 2 aromatic rings. The minimum atomic E-state index is -0.434. The van der Waals surface area contributed by atoms with Gasteiger partial charge in [0.2, 0.25) is 0 Å². The number of amides is 2. The summed E-state index contributed by atoms with van der Waals surface area (Å²) in [5.41, 5.74) is 4.45. The summed E-state index contributed by atoms with van der Waals surface area (Å²) in [4.78, 5) is 24.0. The van der Waals surface area contributed by atoms with E-state index in [2.05, 4.69) is 38.4 Å². The van der Waals surface area contributed by atoms with Gasteiger partial charge in [0.1, 0.15) is 12.4 Å². The van der Waals surface area contributed by atoms with Crippen molar-refractivity contribution in [2.24, 2.45) is 5.10 Å². The molecule has 2 amide bonds. The Morgan fingerprint density at radius 1 is 1.26 bits per heavy atom. The van der Waals surface area contributed by atoms with Crippen LogP contribution in [0.15, 0.2) is 64.7 Å². The monoisotopic (exact) mass is 429 g/mol. The van der Waals surface area contributed by atoms with Crippen molar-refractivity contribution in [1.29, 1.82) is 0 Å². The van der Waals surface area contributed by atoms with Crippen molar-refractivity contribution in [3.63, 3.8) is 0 Å². The first kappa shape index (κ1) is 20.4. The molecule has 0 aromatic heterocycles. The van der Waals surface area contributed by atoms with Crippen molar-refractivity contribution >= 4 is 34.0 Å². The third-order valence-electron chi connectivity index (χ3n) is 3.52. The van der Waals surface area contributed by atoms with Crippen LogP contribution in [0.3, 0.4) is 0 Å². The fourth-order valence-electron chi connectivity index (χ4n) is 2.20. The van der Waals surface area contributed by atoms with Crippen molar-refractivity contribution in [1.82, 2.24) is 10.7 Å². The summed E-state index contributed by atoms with van der Waals surface area (Å²) in [6.45, 7) is 5.63. The van der Waals surface area contributed by atoms with Gasteiger partial charge in [-0.05, 0) is 36.8 Å². The molecule has 0 saturated carbocycles. The number of hydrazone groups is 1. The topological polar surface area (TPSA) is 79.8 Å². The smallest absolute Gasteiger partial charge is 0.259 e. The molecule has 0 fully saturated rings. The molecule has 27 heavy (non-hydrogen) atoms. The van der Waals surface area contributed by atoms with Gasteiger partial charge in [-0.1, -0.05) is 46.8 Å². The lowest BCUT2D eigenvalue weighted by Crippen LogP contribution is -2.35. The Kier molecular flexibility index (Phi) is 7.76. The molecule has 0 heterocycles. The van der Waals surface area contributed by atoms with E-state index in [1.165, 1.54) is 6.21 Å². The van der Waals surface area contributed by atoms with Crippen LogP contribution in [0.4, 0.5) is 0 Å². The predicted molar refractivity (Wildman–Crippen MR) is 109 cm³/mol. The summed E-state index contributed by atoms with van der Waals surface area (Å²) in [6.07, 6.45) is 3.12.